The van der Waals surface area contributed by atoms with Gasteiger partial charge in [0, 0.05) is 26.0 Å². The molecular weight excluding hydrogens is 176 g/mol. The molecule has 0 saturated heterocycles. The van der Waals surface area contributed by atoms with Crippen LogP contribution in [0.1, 0.15) is 5.56 Å². The minimum absolute atomic E-state index is 1.01. The molecule has 1 aromatic carbocycles. The number of carbonyl (C=O) groups excluding carboxylic acids is 1. The van der Waals surface area contributed by atoms with Crippen LogP contribution in [0, 0.1) is 0 Å². The number of benzene rings is 1. The topological polar surface area (TPSA) is 32.7 Å². The fraction of sp³-hybridized carbons (Fsp3) is 0.182. The van der Waals surface area contributed by atoms with Crippen molar-refractivity contribution < 1.29 is 4.79 Å². The average molecular weight is 188 g/mol. The normalized spacial score (nSPS) is 9.86. The van der Waals surface area contributed by atoms with E-state index in [1.54, 1.807) is 6.08 Å². The molecule has 0 radical (unpaired) electrons. The number of isocyanates is 1. The second-order valence-electron chi connectivity index (χ2n) is 3.02. The molecule has 0 unspecified atom stereocenters. The van der Waals surface area contributed by atoms with Gasteiger partial charge in [-0.15, -0.1) is 0 Å². The maximum atomic E-state index is 9.79. The Morgan fingerprint density at radius 2 is 1.93 bits per heavy atom. The number of rotatable bonds is 3. The fourth-order valence-corrected chi connectivity index (χ4v) is 1.04. The summed E-state index contributed by atoms with van der Waals surface area (Å²) >= 11 is 0. The molecule has 0 aromatic heterocycles. The number of aliphatic imine (C=N–C) groups is 1. The maximum Gasteiger partial charge on any atom is 0.239 e. The van der Waals surface area contributed by atoms with Crippen molar-refractivity contribution in [2.24, 2.45) is 4.99 Å². The summed E-state index contributed by atoms with van der Waals surface area (Å²) in [5.74, 6) is 0. The van der Waals surface area contributed by atoms with E-state index in [0.717, 1.165) is 11.3 Å². The van der Waals surface area contributed by atoms with Crippen LogP contribution in [0.5, 0.6) is 0 Å². The molecule has 0 spiro atoms. The van der Waals surface area contributed by atoms with Gasteiger partial charge in [-0.25, -0.2) is 4.79 Å². The molecule has 3 heteroatoms. The third kappa shape index (κ3) is 2.88. The van der Waals surface area contributed by atoms with Crippen molar-refractivity contribution >= 4 is 17.8 Å². The van der Waals surface area contributed by atoms with E-state index in [0.29, 0.717) is 0 Å². The number of hydrogen-bond donors (Lipinski definition) is 0. The van der Waals surface area contributed by atoms with Crippen LogP contribution >= 0.6 is 0 Å². The molecule has 0 bridgehead atoms. The van der Waals surface area contributed by atoms with Gasteiger partial charge in [0.1, 0.15) is 0 Å². The zero-order valence-corrected chi connectivity index (χ0v) is 8.27. The van der Waals surface area contributed by atoms with E-state index >= 15 is 0 Å². The SMILES string of the molecule is CN(C)c1ccc(C=CN=C=O)cc1. The second kappa shape index (κ2) is 5.00. The van der Waals surface area contributed by atoms with Crippen LogP contribution in [0.3, 0.4) is 0 Å². The smallest absolute Gasteiger partial charge is 0.239 e. The first-order chi connectivity index (χ1) is 6.74. The van der Waals surface area contributed by atoms with Crippen molar-refractivity contribution in [2.45, 2.75) is 0 Å². The molecule has 3 nitrogen and oxygen atoms in total. The van der Waals surface area contributed by atoms with Crippen LogP contribution in [0.15, 0.2) is 35.5 Å². The van der Waals surface area contributed by atoms with Crippen molar-refractivity contribution in [3.8, 4) is 0 Å². The summed E-state index contributed by atoms with van der Waals surface area (Å²) in [7, 11) is 3.98. The van der Waals surface area contributed by atoms with Crippen molar-refractivity contribution in [3.63, 3.8) is 0 Å². The van der Waals surface area contributed by atoms with Gasteiger partial charge in [-0.2, -0.15) is 4.99 Å². The van der Waals surface area contributed by atoms with Crippen LogP contribution in [-0.2, 0) is 4.79 Å². The average Bonchev–Trinajstić information content (AvgIpc) is 2.19. The van der Waals surface area contributed by atoms with Gasteiger partial charge in [-0.1, -0.05) is 12.1 Å². The molecule has 0 aliphatic heterocycles. The lowest BCUT2D eigenvalue weighted by Crippen LogP contribution is -2.07. The quantitative estimate of drug-likeness (QED) is 0.537. The summed E-state index contributed by atoms with van der Waals surface area (Å²) < 4.78 is 0. The van der Waals surface area contributed by atoms with Crippen LogP contribution in [0.25, 0.3) is 6.08 Å². The molecule has 0 aliphatic carbocycles. The van der Waals surface area contributed by atoms with Gasteiger partial charge >= 0.3 is 0 Å². The summed E-state index contributed by atoms with van der Waals surface area (Å²) in [5.41, 5.74) is 2.15. The van der Waals surface area contributed by atoms with E-state index in [1.165, 1.54) is 12.3 Å². The van der Waals surface area contributed by atoms with Gasteiger partial charge in [-0.3, -0.25) is 0 Å². The lowest BCUT2D eigenvalue weighted by atomic mass is 10.2. The molecule has 0 heterocycles. The Bertz CT molecular complexity index is 359. The van der Waals surface area contributed by atoms with E-state index < -0.39 is 0 Å². The van der Waals surface area contributed by atoms with Gasteiger partial charge in [0.2, 0.25) is 6.08 Å². The van der Waals surface area contributed by atoms with Crippen molar-refractivity contribution in [3.05, 3.63) is 36.0 Å². The first-order valence-corrected chi connectivity index (χ1v) is 4.25. The minimum Gasteiger partial charge on any atom is -0.378 e. The Morgan fingerprint density at radius 1 is 1.29 bits per heavy atom. The lowest BCUT2D eigenvalue weighted by Gasteiger charge is -2.11. The molecule has 1 rings (SSSR count). The van der Waals surface area contributed by atoms with Crippen molar-refractivity contribution in [1.29, 1.82) is 0 Å². The lowest BCUT2D eigenvalue weighted by molar-refractivity contribution is 0.565. The molecule has 0 amide bonds. The summed E-state index contributed by atoms with van der Waals surface area (Å²) in [4.78, 5) is 15.1. The van der Waals surface area contributed by atoms with Gasteiger partial charge in [0.25, 0.3) is 0 Å². The molecule has 0 N–H and O–H groups in total. The first kappa shape index (κ1) is 10.2. The Kier molecular flexibility index (Phi) is 3.65. The fourth-order valence-electron chi connectivity index (χ4n) is 1.04. The molecular formula is C11H12N2O. The molecule has 0 saturated carbocycles. The predicted octanol–water partition coefficient (Wildman–Crippen LogP) is 2.06. The van der Waals surface area contributed by atoms with Gasteiger partial charge in [-0.05, 0) is 23.8 Å². The predicted molar refractivity (Wildman–Crippen MR) is 57.9 cm³/mol. The molecule has 0 fully saturated rings. The van der Waals surface area contributed by atoms with Gasteiger partial charge in [0.15, 0.2) is 0 Å². The van der Waals surface area contributed by atoms with Crippen LogP contribution < -0.4 is 4.90 Å². The minimum atomic E-state index is 1.01. The largest absolute Gasteiger partial charge is 0.378 e. The second-order valence-corrected chi connectivity index (χ2v) is 3.02. The van der Waals surface area contributed by atoms with E-state index in [9.17, 15) is 4.79 Å². The van der Waals surface area contributed by atoms with Crippen LogP contribution in [0.2, 0.25) is 0 Å². The summed E-state index contributed by atoms with van der Waals surface area (Å²) in [6, 6.07) is 7.94. The molecule has 72 valence electrons. The van der Waals surface area contributed by atoms with Crippen molar-refractivity contribution in [1.82, 2.24) is 0 Å². The molecule has 0 atom stereocenters. The van der Waals surface area contributed by atoms with Crippen LogP contribution in [0.4, 0.5) is 5.69 Å². The van der Waals surface area contributed by atoms with Crippen molar-refractivity contribution in [2.75, 3.05) is 19.0 Å². The summed E-state index contributed by atoms with van der Waals surface area (Å²) in [6.07, 6.45) is 4.63. The zero-order valence-electron chi connectivity index (χ0n) is 8.27. The maximum absolute atomic E-state index is 9.79. The Balaban J connectivity index is 2.78. The summed E-state index contributed by atoms with van der Waals surface area (Å²) in [5, 5.41) is 0. The van der Waals surface area contributed by atoms with Crippen LogP contribution in [-0.4, -0.2) is 20.2 Å². The van der Waals surface area contributed by atoms with E-state index in [-0.39, 0.29) is 0 Å². The van der Waals surface area contributed by atoms with E-state index in [1.807, 2.05) is 43.3 Å². The zero-order chi connectivity index (χ0) is 10.4. The third-order valence-electron chi connectivity index (χ3n) is 1.80. The molecule has 0 aliphatic rings. The number of nitrogens with zero attached hydrogens (tertiary/aromatic N) is 2. The third-order valence-corrected chi connectivity index (χ3v) is 1.80. The van der Waals surface area contributed by atoms with E-state index in [4.69, 9.17) is 0 Å². The first-order valence-electron chi connectivity index (χ1n) is 4.25. The number of hydrogen-bond acceptors (Lipinski definition) is 3. The molecule has 1 aromatic rings. The summed E-state index contributed by atoms with van der Waals surface area (Å²) in [6.45, 7) is 0. The Labute approximate surface area is 83.4 Å². The monoisotopic (exact) mass is 188 g/mol. The highest BCUT2D eigenvalue weighted by Gasteiger charge is 1.92. The van der Waals surface area contributed by atoms with Gasteiger partial charge < -0.3 is 4.90 Å². The molecule has 14 heavy (non-hydrogen) atoms. The number of anilines is 1. The van der Waals surface area contributed by atoms with Gasteiger partial charge in [0.05, 0.1) is 0 Å². The Hall–Kier alpha value is -1.86. The highest BCUT2D eigenvalue weighted by Crippen LogP contribution is 2.12. The highest BCUT2D eigenvalue weighted by atomic mass is 16.1. The standard InChI is InChI=1S/C11H12N2O/c1-13(2)11-5-3-10(4-6-11)7-8-12-9-14/h3-8H,1-2H3. The Morgan fingerprint density at radius 3 is 2.43 bits per heavy atom. The van der Waals surface area contributed by atoms with E-state index in [2.05, 4.69) is 4.99 Å². The highest BCUT2D eigenvalue weighted by molar-refractivity contribution is 5.56.